The lowest BCUT2D eigenvalue weighted by molar-refractivity contribution is -0.140. The van der Waals surface area contributed by atoms with Gasteiger partial charge >= 0.3 is 12.1 Å². The van der Waals surface area contributed by atoms with Gasteiger partial charge in [-0.25, -0.2) is 18.6 Å². The Bertz CT molecular complexity index is 475. The highest BCUT2D eigenvalue weighted by Crippen LogP contribution is 2.41. The number of hydrogen-bond donors (Lipinski definition) is 0. The molecule has 0 amide bonds. The lowest BCUT2D eigenvalue weighted by atomic mass is 10.1. The van der Waals surface area contributed by atoms with Crippen LogP contribution in [-0.2, 0) is 10.9 Å². The fourth-order valence-corrected chi connectivity index (χ4v) is 1.73. The number of nitrogens with zero attached hydrogens (tertiary/aromatic N) is 1. The van der Waals surface area contributed by atoms with Gasteiger partial charge < -0.3 is 4.74 Å². The van der Waals surface area contributed by atoms with E-state index in [-0.39, 0.29) is 0 Å². The molecule has 3 nitrogen and oxygen atoms in total. The first-order chi connectivity index (χ1) is 8.20. The van der Waals surface area contributed by atoms with Crippen molar-refractivity contribution in [2.24, 2.45) is 0 Å². The van der Waals surface area contributed by atoms with Crippen molar-refractivity contribution in [2.75, 3.05) is 7.11 Å². The van der Waals surface area contributed by atoms with E-state index >= 15 is 0 Å². The number of carbonyl (C=O) groups is 1. The number of ether oxygens (including phenoxy) is 1. The van der Waals surface area contributed by atoms with Crippen LogP contribution in [-0.4, -0.2) is 18.1 Å². The molecule has 0 bridgehead atoms. The summed E-state index contributed by atoms with van der Waals surface area (Å²) in [6, 6.07) is 0. The van der Waals surface area contributed by atoms with Gasteiger partial charge in [-0.2, -0.15) is 13.2 Å². The molecule has 1 aromatic heterocycles. The molecule has 0 aromatic carbocycles. The van der Waals surface area contributed by atoms with Crippen LogP contribution >= 0.6 is 15.9 Å². The Morgan fingerprint density at radius 2 is 2.00 bits per heavy atom. The van der Waals surface area contributed by atoms with Gasteiger partial charge in [0.2, 0.25) is 0 Å². The largest absolute Gasteiger partial charge is 0.464 e. The van der Waals surface area contributed by atoms with Crippen LogP contribution in [0.15, 0.2) is 10.7 Å². The summed E-state index contributed by atoms with van der Waals surface area (Å²) in [5, 5.41) is 0. The second-order valence-electron chi connectivity index (χ2n) is 3.03. The molecule has 0 saturated heterocycles. The molecule has 0 radical (unpaired) electrons. The normalized spacial score (nSPS) is 11.8. The van der Waals surface area contributed by atoms with Crippen molar-refractivity contribution in [3.63, 3.8) is 0 Å². The van der Waals surface area contributed by atoms with Gasteiger partial charge in [-0.1, -0.05) is 0 Å². The van der Waals surface area contributed by atoms with E-state index in [0.29, 0.717) is 6.20 Å². The SMILES string of the molecule is COC(=O)c1ncc(Br)c(C(F)F)c1C(F)(F)F. The van der Waals surface area contributed by atoms with Gasteiger partial charge in [0.15, 0.2) is 5.69 Å². The van der Waals surface area contributed by atoms with E-state index in [1.54, 1.807) is 0 Å². The molecule has 18 heavy (non-hydrogen) atoms. The maximum atomic E-state index is 12.7. The molecule has 0 spiro atoms. The average molecular weight is 334 g/mol. The maximum absolute atomic E-state index is 12.7. The minimum absolute atomic E-state index is 0.530. The molecule has 0 saturated carbocycles. The quantitative estimate of drug-likeness (QED) is 0.613. The molecule has 1 rings (SSSR count). The number of alkyl halides is 5. The highest BCUT2D eigenvalue weighted by atomic mass is 79.9. The molecule has 0 N–H and O–H groups in total. The van der Waals surface area contributed by atoms with Crippen LogP contribution in [0, 0.1) is 0 Å². The second-order valence-corrected chi connectivity index (χ2v) is 3.89. The van der Waals surface area contributed by atoms with Crippen LogP contribution in [0.3, 0.4) is 0 Å². The third-order valence-corrected chi connectivity index (χ3v) is 2.58. The third kappa shape index (κ3) is 2.77. The number of carbonyl (C=O) groups excluding carboxylic acids is 1. The Morgan fingerprint density at radius 3 is 2.39 bits per heavy atom. The van der Waals surface area contributed by atoms with Gasteiger partial charge in [0, 0.05) is 16.2 Å². The summed E-state index contributed by atoms with van der Waals surface area (Å²) >= 11 is 2.55. The second kappa shape index (κ2) is 5.17. The Labute approximate surface area is 106 Å². The van der Waals surface area contributed by atoms with Crippen LogP contribution in [0.25, 0.3) is 0 Å². The molecule has 0 unspecified atom stereocenters. The standard InChI is InChI=1S/C9H5BrF5NO2/c1-18-8(17)6-5(9(13,14)15)4(7(11)12)3(10)2-16-6/h2,7H,1H3. The van der Waals surface area contributed by atoms with Crippen LogP contribution in [0.1, 0.15) is 28.0 Å². The summed E-state index contributed by atoms with van der Waals surface area (Å²) in [6.07, 6.45) is -7.86. The summed E-state index contributed by atoms with van der Waals surface area (Å²) in [5.41, 5.74) is -4.32. The molecule has 1 heterocycles. The number of hydrogen-bond acceptors (Lipinski definition) is 3. The number of methoxy groups -OCH3 is 1. The van der Waals surface area contributed by atoms with Crippen molar-refractivity contribution < 1.29 is 31.5 Å². The minimum atomic E-state index is -5.15. The number of halogens is 6. The molecule has 0 fully saturated rings. The highest BCUT2D eigenvalue weighted by Gasteiger charge is 2.42. The van der Waals surface area contributed by atoms with Crippen molar-refractivity contribution in [1.82, 2.24) is 4.98 Å². The lowest BCUT2D eigenvalue weighted by Crippen LogP contribution is -2.19. The summed E-state index contributed by atoms with van der Waals surface area (Å²) in [4.78, 5) is 14.3. The van der Waals surface area contributed by atoms with Gasteiger partial charge in [-0.05, 0) is 15.9 Å². The third-order valence-electron chi connectivity index (χ3n) is 1.95. The molecular formula is C9H5BrF5NO2. The zero-order valence-corrected chi connectivity index (χ0v) is 10.3. The van der Waals surface area contributed by atoms with Crippen LogP contribution < -0.4 is 0 Å². The Balaban J connectivity index is 3.65. The van der Waals surface area contributed by atoms with E-state index in [9.17, 15) is 26.7 Å². The highest BCUT2D eigenvalue weighted by molar-refractivity contribution is 9.10. The van der Waals surface area contributed by atoms with Crippen molar-refractivity contribution in [1.29, 1.82) is 0 Å². The van der Waals surface area contributed by atoms with Crippen molar-refractivity contribution in [3.8, 4) is 0 Å². The summed E-state index contributed by atoms with van der Waals surface area (Å²) in [5.74, 6) is -1.43. The van der Waals surface area contributed by atoms with Crippen LogP contribution in [0.2, 0.25) is 0 Å². The first-order valence-electron chi connectivity index (χ1n) is 4.32. The van der Waals surface area contributed by atoms with Gasteiger partial charge in [-0.3, -0.25) is 0 Å². The van der Waals surface area contributed by atoms with Crippen molar-refractivity contribution >= 4 is 21.9 Å². The number of rotatable bonds is 2. The van der Waals surface area contributed by atoms with E-state index in [2.05, 4.69) is 25.7 Å². The average Bonchev–Trinajstić information content (AvgIpc) is 2.25. The van der Waals surface area contributed by atoms with Gasteiger partial charge in [-0.15, -0.1) is 0 Å². The molecular weight excluding hydrogens is 329 g/mol. The monoisotopic (exact) mass is 333 g/mol. The molecule has 100 valence electrons. The fourth-order valence-electron chi connectivity index (χ4n) is 1.25. The topological polar surface area (TPSA) is 39.2 Å². The Hall–Kier alpha value is -1.25. The number of aromatic nitrogens is 1. The van der Waals surface area contributed by atoms with E-state index in [4.69, 9.17) is 0 Å². The number of esters is 1. The molecule has 0 atom stereocenters. The predicted molar refractivity (Wildman–Crippen MR) is 53.2 cm³/mol. The van der Waals surface area contributed by atoms with Crippen molar-refractivity contribution in [3.05, 3.63) is 27.5 Å². The van der Waals surface area contributed by atoms with E-state index in [1.165, 1.54) is 0 Å². The minimum Gasteiger partial charge on any atom is -0.464 e. The smallest absolute Gasteiger partial charge is 0.419 e. The summed E-state index contributed by atoms with van der Waals surface area (Å²) < 4.78 is 67.1. The zero-order valence-electron chi connectivity index (χ0n) is 8.69. The zero-order chi connectivity index (χ0) is 14.1. The molecule has 9 heteroatoms. The van der Waals surface area contributed by atoms with E-state index in [1.807, 2.05) is 0 Å². The molecule has 0 aliphatic rings. The first kappa shape index (κ1) is 14.8. The van der Waals surface area contributed by atoms with Gasteiger partial charge in [0.25, 0.3) is 6.43 Å². The molecule has 0 aliphatic carbocycles. The number of pyridine rings is 1. The van der Waals surface area contributed by atoms with Gasteiger partial charge in [0.1, 0.15) is 0 Å². The maximum Gasteiger partial charge on any atom is 0.419 e. The lowest BCUT2D eigenvalue weighted by Gasteiger charge is -2.16. The van der Waals surface area contributed by atoms with Gasteiger partial charge in [0.05, 0.1) is 12.7 Å². The van der Waals surface area contributed by atoms with Crippen LogP contribution in [0.5, 0.6) is 0 Å². The van der Waals surface area contributed by atoms with Crippen LogP contribution in [0.4, 0.5) is 22.0 Å². The first-order valence-corrected chi connectivity index (χ1v) is 5.11. The van der Waals surface area contributed by atoms with E-state index in [0.717, 1.165) is 7.11 Å². The van der Waals surface area contributed by atoms with E-state index < -0.39 is 39.9 Å². The fraction of sp³-hybridized carbons (Fsp3) is 0.333. The Kier molecular flexibility index (Phi) is 4.25. The molecule has 0 aliphatic heterocycles. The van der Waals surface area contributed by atoms with Crippen molar-refractivity contribution in [2.45, 2.75) is 12.6 Å². The summed E-state index contributed by atoms with van der Waals surface area (Å²) in [7, 11) is 0.828. The molecule has 1 aromatic rings. The predicted octanol–water partition coefficient (Wildman–Crippen LogP) is 3.59. The summed E-state index contributed by atoms with van der Waals surface area (Å²) in [6.45, 7) is 0. The Morgan fingerprint density at radius 1 is 1.44 bits per heavy atom.